The molecule has 9 heteroatoms. The van der Waals surface area contributed by atoms with Gasteiger partial charge >= 0.3 is 5.97 Å². The van der Waals surface area contributed by atoms with E-state index in [1.807, 2.05) is 42.5 Å². The monoisotopic (exact) mass is 542 g/mol. The number of carbonyl (C=O) groups is 1. The van der Waals surface area contributed by atoms with Gasteiger partial charge in [0.25, 0.3) is 5.56 Å². The van der Waals surface area contributed by atoms with E-state index in [2.05, 4.69) is 0 Å². The number of nitrogens with zero attached hydrogens (tertiary/aromatic N) is 2. The first kappa shape index (κ1) is 26.0. The molecule has 1 aliphatic heterocycles. The summed E-state index contributed by atoms with van der Waals surface area (Å²) in [6.45, 7) is 1.90. The molecule has 0 spiro atoms. The number of aromatic nitrogens is 1. The van der Waals surface area contributed by atoms with Crippen molar-refractivity contribution in [2.24, 2.45) is 4.99 Å². The molecule has 1 unspecified atom stereocenters. The molecule has 0 amide bonds. The zero-order valence-corrected chi connectivity index (χ0v) is 22.4. The second kappa shape index (κ2) is 11.0. The molecule has 198 valence electrons. The van der Waals surface area contributed by atoms with Crippen LogP contribution in [0.3, 0.4) is 0 Å². The zero-order chi connectivity index (χ0) is 27.5. The van der Waals surface area contributed by atoms with Gasteiger partial charge in [0, 0.05) is 5.56 Å². The number of aromatic hydroxyl groups is 1. The molecule has 0 fully saturated rings. The highest BCUT2D eigenvalue weighted by Gasteiger charge is 2.35. The number of hydrogen-bond donors (Lipinski definition) is 1. The maximum absolute atomic E-state index is 13.9. The first-order valence-electron chi connectivity index (χ1n) is 12.2. The Balaban J connectivity index is 1.81. The normalized spacial score (nSPS) is 14.9. The van der Waals surface area contributed by atoms with Gasteiger partial charge < -0.3 is 19.3 Å². The van der Waals surface area contributed by atoms with E-state index in [1.165, 1.54) is 29.1 Å². The maximum Gasteiger partial charge on any atom is 0.338 e. The second-order valence-electron chi connectivity index (χ2n) is 8.64. The molecule has 0 saturated heterocycles. The molecule has 0 saturated carbocycles. The standard InChI is InChI=1S/C30H26N2O6S/c1-4-38-29(35)25-26(19-9-6-5-7-10-19)31-30-32(27(25)20-11-8-12-21(17-20)36-2)28(34)24(39-30)16-18-13-14-23(37-3)22(33)15-18/h5-17,27,33H,4H2,1-3H3. The van der Waals surface area contributed by atoms with Crippen LogP contribution in [0.4, 0.5) is 0 Å². The van der Waals surface area contributed by atoms with Crippen LogP contribution in [0.5, 0.6) is 17.2 Å². The summed E-state index contributed by atoms with van der Waals surface area (Å²) in [7, 11) is 3.03. The van der Waals surface area contributed by atoms with Crippen molar-refractivity contribution in [3.05, 3.63) is 115 Å². The molecule has 0 aliphatic carbocycles. The number of ether oxygens (including phenoxy) is 3. The van der Waals surface area contributed by atoms with Crippen molar-refractivity contribution in [1.82, 2.24) is 4.57 Å². The molecule has 8 nitrogen and oxygen atoms in total. The van der Waals surface area contributed by atoms with Gasteiger partial charge in [-0.1, -0.05) is 59.9 Å². The van der Waals surface area contributed by atoms with E-state index in [4.69, 9.17) is 19.2 Å². The molecule has 39 heavy (non-hydrogen) atoms. The summed E-state index contributed by atoms with van der Waals surface area (Å²) in [6, 6.07) is 20.7. The summed E-state index contributed by atoms with van der Waals surface area (Å²) in [5.74, 6) is 0.328. The largest absolute Gasteiger partial charge is 0.504 e. The Kier molecular flexibility index (Phi) is 7.33. The van der Waals surface area contributed by atoms with E-state index in [1.54, 1.807) is 44.4 Å². The van der Waals surface area contributed by atoms with E-state index in [0.29, 0.717) is 37.7 Å². The van der Waals surface area contributed by atoms with E-state index >= 15 is 0 Å². The van der Waals surface area contributed by atoms with Crippen molar-refractivity contribution >= 4 is 29.1 Å². The summed E-state index contributed by atoms with van der Waals surface area (Å²) in [4.78, 5) is 32.7. The third-order valence-corrected chi connectivity index (χ3v) is 7.27. The van der Waals surface area contributed by atoms with E-state index < -0.39 is 12.0 Å². The summed E-state index contributed by atoms with van der Waals surface area (Å²) < 4.78 is 18.0. The SMILES string of the molecule is CCOC(=O)C1=C(c2ccccc2)N=c2sc(=Cc3ccc(OC)c(O)c3)c(=O)n2C1c1cccc(OC)c1. The Morgan fingerprint density at radius 2 is 1.85 bits per heavy atom. The van der Waals surface area contributed by atoms with Crippen LogP contribution in [0.25, 0.3) is 11.8 Å². The van der Waals surface area contributed by atoms with Gasteiger partial charge in [-0.25, -0.2) is 9.79 Å². The molecule has 1 N–H and O–H groups in total. The Morgan fingerprint density at radius 1 is 1.05 bits per heavy atom. The number of carbonyl (C=O) groups excluding carboxylic acids is 1. The number of methoxy groups -OCH3 is 2. The Bertz CT molecular complexity index is 1750. The lowest BCUT2D eigenvalue weighted by molar-refractivity contribution is -0.138. The molecule has 2 heterocycles. The highest BCUT2D eigenvalue weighted by atomic mass is 32.1. The number of phenols is 1. The van der Waals surface area contributed by atoms with Crippen molar-refractivity contribution < 1.29 is 24.1 Å². The van der Waals surface area contributed by atoms with Gasteiger partial charge in [0.15, 0.2) is 16.3 Å². The van der Waals surface area contributed by atoms with Crippen molar-refractivity contribution in [1.29, 1.82) is 0 Å². The first-order valence-corrected chi connectivity index (χ1v) is 13.1. The van der Waals surface area contributed by atoms with Crippen LogP contribution in [0, 0.1) is 0 Å². The number of phenolic OH excluding ortho intramolecular Hbond substituents is 1. The minimum absolute atomic E-state index is 0.0377. The van der Waals surface area contributed by atoms with Gasteiger partial charge in [-0.05, 0) is 48.4 Å². The van der Waals surface area contributed by atoms with Crippen LogP contribution in [0.15, 0.2) is 88.2 Å². The molecular formula is C30H26N2O6S. The van der Waals surface area contributed by atoms with E-state index in [-0.39, 0.29) is 23.5 Å². The minimum atomic E-state index is -0.808. The van der Waals surface area contributed by atoms with Crippen LogP contribution in [0.1, 0.15) is 29.7 Å². The molecule has 4 aromatic rings. The number of hydrogen-bond acceptors (Lipinski definition) is 8. The lowest BCUT2D eigenvalue weighted by Gasteiger charge is -2.26. The van der Waals surface area contributed by atoms with Crippen LogP contribution in [0.2, 0.25) is 0 Å². The number of rotatable bonds is 7. The molecule has 0 bridgehead atoms. The van der Waals surface area contributed by atoms with Gasteiger partial charge in [-0.3, -0.25) is 9.36 Å². The molecule has 1 aromatic heterocycles. The van der Waals surface area contributed by atoms with Crippen molar-refractivity contribution in [2.75, 3.05) is 20.8 Å². The van der Waals surface area contributed by atoms with Crippen LogP contribution in [-0.4, -0.2) is 36.5 Å². The fourth-order valence-corrected chi connectivity index (χ4v) is 5.52. The van der Waals surface area contributed by atoms with Gasteiger partial charge in [0.05, 0.1) is 42.7 Å². The number of benzene rings is 3. The van der Waals surface area contributed by atoms with Crippen LogP contribution < -0.4 is 24.4 Å². The highest BCUT2D eigenvalue weighted by Crippen LogP contribution is 2.36. The lowest BCUT2D eigenvalue weighted by atomic mass is 9.93. The number of esters is 1. The lowest BCUT2D eigenvalue weighted by Crippen LogP contribution is -2.40. The first-order chi connectivity index (χ1) is 18.9. The van der Waals surface area contributed by atoms with Crippen LogP contribution in [-0.2, 0) is 9.53 Å². The third-order valence-electron chi connectivity index (χ3n) is 6.28. The Morgan fingerprint density at radius 3 is 2.54 bits per heavy atom. The summed E-state index contributed by atoms with van der Waals surface area (Å²) >= 11 is 1.20. The van der Waals surface area contributed by atoms with Crippen molar-refractivity contribution in [2.45, 2.75) is 13.0 Å². The summed E-state index contributed by atoms with van der Waals surface area (Å²) in [5, 5.41) is 10.2. The molecular weight excluding hydrogens is 516 g/mol. The van der Waals surface area contributed by atoms with Gasteiger partial charge in [-0.2, -0.15) is 0 Å². The average molecular weight is 543 g/mol. The van der Waals surface area contributed by atoms with Crippen molar-refractivity contribution in [3.63, 3.8) is 0 Å². The molecule has 1 aliphatic rings. The second-order valence-corrected chi connectivity index (χ2v) is 9.65. The number of fused-ring (bicyclic) bond motifs is 1. The molecule has 1 atom stereocenters. The predicted molar refractivity (Wildman–Crippen MR) is 149 cm³/mol. The zero-order valence-electron chi connectivity index (χ0n) is 21.6. The van der Waals surface area contributed by atoms with Gasteiger partial charge in [-0.15, -0.1) is 0 Å². The van der Waals surface area contributed by atoms with E-state index in [0.717, 1.165) is 5.56 Å². The third kappa shape index (κ3) is 4.96. The minimum Gasteiger partial charge on any atom is -0.504 e. The Hall–Kier alpha value is -4.63. The molecule has 3 aromatic carbocycles. The number of thiazole rings is 1. The van der Waals surface area contributed by atoms with Crippen LogP contribution >= 0.6 is 11.3 Å². The smallest absolute Gasteiger partial charge is 0.338 e. The summed E-state index contributed by atoms with van der Waals surface area (Å²) in [6.07, 6.45) is 1.68. The predicted octanol–water partition coefficient (Wildman–Crippen LogP) is 3.66. The highest BCUT2D eigenvalue weighted by molar-refractivity contribution is 7.07. The molecule has 0 radical (unpaired) electrons. The topological polar surface area (TPSA) is 99.4 Å². The Labute approximate surface area is 228 Å². The fourth-order valence-electron chi connectivity index (χ4n) is 4.52. The fraction of sp³-hybridized carbons (Fsp3) is 0.167. The maximum atomic E-state index is 13.9. The summed E-state index contributed by atoms with van der Waals surface area (Å²) in [5.41, 5.74) is 2.40. The average Bonchev–Trinajstić information content (AvgIpc) is 3.27. The molecule has 5 rings (SSSR count). The quantitative estimate of drug-likeness (QED) is 0.358. The van der Waals surface area contributed by atoms with Crippen molar-refractivity contribution in [3.8, 4) is 17.2 Å². The van der Waals surface area contributed by atoms with Gasteiger partial charge in [0.2, 0.25) is 0 Å². The van der Waals surface area contributed by atoms with Gasteiger partial charge in [0.1, 0.15) is 5.75 Å². The van der Waals surface area contributed by atoms with E-state index in [9.17, 15) is 14.7 Å².